The number of carboxylic acids is 2. The fourth-order valence-corrected chi connectivity index (χ4v) is 2.93. The van der Waals surface area contributed by atoms with Crippen LogP contribution in [-0.4, -0.2) is 68.3 Å². The number of nitrogens with zero attached hydrogens (tertiary/aromatic N) is 3. The highest BCUT2D eigenvalue weighted by Gasteiger charge is 2.39. The third-order valence-electron chi connectivity index (χ3n) is 4.86. The number of nitrogens with one attached hydrogen (secondary N) is 1. The molecule has 1 aliphatic heterocycles. The number of hydrogen-bond acceptors (Lipinski definition) is 6. The van der Waals surface area contributed by atoms with Crippen molar-refractivity contribution in [3.63, 3.8) is 0 Å². The van der Waals surface area contributed by atoms with Gasteiger partial charge in [0.2, 0.25) is 0 Å². The van der Waals surface area contributed by atoms with Gasteiger partial charge in [0.05, 0.1) is 17.9 Å². The molecule has 1 fully saturated rings. The van der Waals surface area contributed by atoms with E-state index < -0.39 is 24.3 Å². The predicted molar refractivity (Wildman–Crippen MR) is 111 cm³/mol. The Kier molecular flexibility index (Phi) is 9.99. The maximum Gasteiger partial charge on any atom is 0.490 e. The normalized spacial score (nSPS) is 16.8. The smallest absolute Gasteiger partial charge is 0.475 e. The zero-order valence-electron chi connectivity index (χ0n) is 18.9. The Hall–Kier alpha value is -3.69. The summed E-state index contributed by atoms with van der Waals surface area (Å²) in [7, 11) is 0. The van der Waals surface area contributed by atoms with Crippen LogP contribution in [-0.2, 0) is 27.3 Å². The zero-order valence-corrected chi connectivity index (χ0v) is 18.9. The molecule has 1 aliphatic carbocycles. The molecule has 3 N–H and O–H groups in total. The van der Waals surface area contributed by atoms with E-state index in [0.29, 0.717) is 18.7 Å². The van der Waals surface area contributed by atoms with Gasteiger partial charge in [-0.25, -0.2) is 9.59 Å². The van der Waals surface area contributed by atoms with Crippen LogP contribution < -0.4 is 5.32 Å². The van der Waals surface area contributed by atoms with Gasteiger partial charge < -0.3 is 20.3 Å². The maximum absolute atomic E-state index is 12.1. The van der Waals surface area contributed by atoms with E-state index in [-0.39, 0.29) is 12.0 Å². The van der Waals surface area contributed by atoms with E-state index >= 15 is 0 Å². The molecule has 0 bridgehead atoms. The summed E-state index contributed by atoms with van der Waals surface area (Å²) in [6, 6.07) is 3.50. The fourth-order valence-electron chi connectivity index (χ4n) is 2.93. The highest BCUT2D eigenvalue weighted by molar-refractivity contribution is 5.93. The molecule has 37 heavy (non-hydrogen) atoms. The van der Waals surface area contributed by atoms with Gasteiger partial charge in [0.25, 0.3) is 5.91 Å². The lowest BCUT2D eigenvalue weighted by atomic mass is 10.1. The van der Waals surface area contributed by atoms with E-state index in [1.807, 2.05) is 4.68 Å². The van der Waals surface area contributed by atoms with Crippen LogP contribution in [0.3, 0.4) is 0 Å². The van der Waals surface area contributed by atoms with Crippen LogP contribution in [0.2, 0.25) is 0 Å². The van der Waals surface area contributed by atoms with E-state index in [2.05, 4.69) is 16.5 Å². The van der Waals surface area contributed by atoms with Crippen LogP contribution in [0.5, 0.6) is 0 Å². The number of ether oxygens (including phenoxy) is 1. The molecule has 16 heteroatoms. The number of aliphatic carboxylic acids is 2. The van der Waals surface area contributed by atoms with Crippen molar-refractivity contribution in [3.8, 4) is 0 Å². The van der Waals surface area contributed by atoms with Crippen molar-refractivity contribution in [2.45, 2.75) is 44.3 Å². The van der Waals surface area contributed by atoms with Crippen LogP contribution in [0, 0.1) is 5.92 Å². The molecule has 0 spiro atoms. The summed E-state index contributed by atoms with van der Waals surface area (Å²) in [6.07, 6.45) is -1.46. The standard InChI is InChI=1S/C17H20N4O2.2C2HF3O2/c22-17(13-2-1-6-18-8-13)19-9-15-16-14(5-7-23-15)11-21(20-16)10-12-3-4-12;2*3-2(4,5)1(6)7/h1-2,6,8,11-12,15H,3-5,7,9-10H2,(H,19,22);2*(H,6,7). The van der Waals surface area contributed by atoms with Crippen LogP contribution in [0.25, 0.3) is 0 Å². The summed E-state index contributed by atoms with van der Waals surface area (Å²) >= 11 is 0. The topological polar surface area (TPSA) is 144 Å². The molecule has 10 nitrogen and oxygen atoms in total. The first-order valence-electron chi connectivity index (χ1n) is 10.6. The van der Waals surface area contributed by atoms with Gasteiger partial charge in [0, 0.05) is 31.7 Å². The number of halogens is 6. The second kappa shape index (κ2) is 12.5. The highest BCUT2D eigenvalue weighted by atomic mass is 19.4. The van der Waals surface area contributed by atoms with E-state index in [1.54, 1.807) is 24.5 Å². The number of pyridine rings is 1. The molecule has 2 aliphatic rings. The minimum absolute atomic E-state index is 0.133. The molecular weight excluding hydrogens is 518 g/mol. The predicted octanol–water partition coefficient (Wildman–Crippen LogP) is 3.00. The number of rotatable bonds is 5. The highest BCUT2D eigenvalue weighted by Crippen LogP contribution is 2.32. The number of aromatic nitrogens is 3. The van der Waals surface area contributed by atoms with Crippen molar-refractivity contribution in [1.29, 1.82) is 0 Å². The van der Waals surface area contributed by atoms with Crippen molar-refractivity contribution in [2.24, 2.45) is 5.92 Å². The van der Waals surface area contributed by atoms with Crippen LogP contribution in [0.4, 0.5) is 26.3 Å². The van der Waals surface area contributed by atoms with E-state index in [1.165, 1.54) is 18.4 Å². The number of alkyl halides is 6. The Labute approximate surface area is 205 Å². The number of carbonyl (C=O) groups is 3. The molecule has 204 valence electrons. The third-order valence-corrected chi connectivity index (χ3v) is 4.86. The quantitative estimate of drug-likeness (QED) is 0.491. The van der Waals surface area contributed by atoms with Gasteiger partial charge in [-0.05, 0) is 42.9 Å². The van der Waals surface area contributed by atoms with Gasteiger partial charge in [-0.1, -0.05) is 0 Å². The van der Waals surface area contributed by atoms with Crippen molar-refractivity contribution in [1.82, 2.24) is 20.1 Å². The van der Waals surface area contributed by atoms with Crippen molar-refractivity contribution >= 4 is 17.8 Å². The SMILES string of the molecule is O=C(NCC1OCCc2cn(CC3CC3)nc21)c1cccnc1.O=C(O)C(F)(F)F.O=C(O)C(F)(F)F. The van der Waals surface area contributed by atoms with Gasteiger partial charge in [-0.15, -0.1) is 0 Å². The summed E-state index contributed by atoms with van der Waals surface area (Å²) in [5.41, 5.74) is 2.78. The van der Waals surface area contributed by atoms with Crippen LogP contribution in [0.1, 0.15) is 40.6 Å². The summed E-state index contributed by atoms with van der Waals surface area (Å²) in [5.74, 6) is -4.85. The van der Waals surface area contributed by atoms with Crippen LogP contribution in [0.15, 0.2) is 30.7 Å². The lowest BCUT2D eigenvalue weighted by Gasteiger charge is -2.22. The minimum Gasteiger partial charge on any atom is -0.475 e. The zero-order chi connectivity index (χ0) is 27.8. The van der Waals surface area contributed by atoms with Gasteiger partial charge >= 0.3 is 24.3 Å². The molecule has 1 unspecified atom stereocenters. The van der Waals surface area contributed by atoms with Gasteiger partial charge in [-0.3, -0.25) is 14.5 Å². The Morgan fingerprint density at radius 2 is 1.68 bits per heavy atom. The minimum atomic E-state index is -5.08. The average molecular weight is 540 g/mol. The average Bonchev–Trinajstić information content (AvgIpc) is 3.53. The number of hydrogen-bond donors (Lipinski definition) is 3. The number of amides is 1. The lowest BCUT2D eigenvalue weighted by Crippen LogP contribution is -2.32. The second-order valence-electron chi connectivity index (χ2n) is 7.87. The first-order valence-corrected chi connectivity index (χ1v) is 10.6. The maximum atomic E-state index is 12.1. The van der Waals surface area contributed by atoms with Gasteiger partial charge in [0.1, 0.15) is 6.10 Å². The molecular formula is C21H22F6N4O6. The summed E-state index contributed by atoms with van der Waals surface area (Å²) in [4.78, 5) is 33.9. The molecule has 2 aromatic rings. The fraction of sp³-hybridized carbons (Fsp3) is 0.476. The van der Waals surface area contributed by atoms with Crippen molar-refractivity contribution < 1.29 is 55.7 Å². The Morgan fingerprint density at radius 1 is 1.08 bits per heavy atom. The van der Waals surface area contributed by atoms with Crippen molar-refractivity contribution in [3.05, 3.63) is 47.5 Å². The molecule has 2 aromatic heterocycles. The number of carboxylic acid groups (broad SMARTS) is 2. The second-order valence-corrected chi connectivity index (χ2v) is 7.87. The molecule has 1 saturated carbocycles. The Balaban J connectivity index is 0.000000286. The van der Waals surface area contributed by atoms with Crippen molar-refractivity contribution in [2.75, 3.05) is 13.2 Å². The van der Waals surface area contributed by atoms with Gasteiger partial charge in [0.15, 0.2) is 0 Å². The molecule has 0 aromatic carbocycles. The summed E-state index contributed by atoms with van der Waals surface area (Å²) in [6.45, 7) is 2.11. The first-order chi connectivity index (χ1) is 17.2. The first kappa shape index (κ1) is 29.5. The summed E-state index contributed by atoms with van der Waals surface area (Å²) < 4.78 is 71.3. The van der Waals surface area contributed by atoms with E-state index in [4.69, 9.17) is 29.6 Å². The largest absolute Gasteiger partial charge is 0.490 e. The Morgan fingerprint density at radius 3 is 2.16 bits per heavy atom. The van der Waals surface area contributed by atoms with Gasteiger partial charge in [-0.2, -0.15) is 31.4 Å². The number of fused-ring (bicyclic) bond motifs is 1. The molecule has 4 rings (SSSR count). The monoisotopic (exact) mass is 540 g/mol. The molecule has 0 radical (unpaired) electrons. The molecule has 0 saturated heterocycles. The lowest BCUT2D eigenvalue weighted by molar-refractivity contribution is -0.193. The third kappa shape index (κ3) is 10.1. The molecule has 3 heterocycles. The van der Waals surface area contributed by atoms with E-state index in [9.17, 15) is 31.1 Å². The number of carbonyl (C=O) groups excluding carboxylic acids is 1. The molecule has 1 atom stereocenters. The molecule has 1 amide bonds. The summed E-state index contributed by atoms with van der Waals surface area (Å²) in [5, 5.41) is 21.9. The Bertz CT molecular complexity index is 1050. The van der Waals surface area contributed by atoms with E-state index in [0.717, 1.165) is 24.6 Å². The van der Waals surface area contributed by atoms with Crippen LogP contribution >= 0.6 is 0 Å².